The zero-order valence-corrected chi connectivity index (χ0v) is 16.1. The van der Waals surface area contributed by atoms with Gasteiger partial charge in [-0.2, -0.15) is 0 Å². The van der Waals surface area contributed by atoms with E-state index in [0.29, 0.717) is 17.0 Å². The molecule has 0 aliphatic heterocycles. The quantitative estimate of drug-likeness (QED) is 0.453. The van der Waals surface area contributed by atoms with Crippen LogP contribution in [0.1, 0.15) is 63.4 Å². The molecule has 0 N–H and O–H groups in total. The van der Waals surface area contributed by atoms with E-state index in [1.165, 1.54) is 56.4 Å². The van der Waals surface area contributed by atoms with Gasteiger partial charge in [0.2, 0.25) is 0 Å². The van der Waals surface area contributed by atoms with Crippen LogP contribution in [0.25, 0.3) is 11.1 Å². The molecule has 2 aromatic rings. The van der Waals surface area contributed by atoms with Gasteiger partial charge in [0.25, 0.3) is 0 Å². The highest BCUT2D eigenvalue weighted by molar-refractivity contribution is 5.65. The van der Waals surface area contributed by atoms with Crippen LogP contribution in [-0.2, 0) is 0 Å². The van der Waals surface area contributed by atoms with Crippen molar-refractivity contribution in [2.75, 3.05) is 0 Å². The zero-order valence-electron chi connectivity index (χ0n) is 16.1. The molecule has 1 saturated carbocycles. The number of hydrogen-bond acceptors (Lipinski definition) is 1. The standard InChI is InChI=1S/C23H26F4O/c1-2-3-4-16-5-7-17(8-6-16)19-11-14-21(22(24)15-19)18-9-12-20(13-10-18)28-23(25,26)27/h9-17H,2-8H2,1H3. The number of alkyl halides is 3. The molecule has 0 amide bonds. The second-order valence-corrected chi connectivity index (χ2v) is 7.67. The van der Waals surface area contributed by atoms with E-state index in [9.17, 15) is 17.6 Å². The Kier molecular flexibility index (Phi) is 6.63. The molecule has 0 bridgehead atoms. The second kappa shape index (κ2) is 8.97. The average Bonchev–Trinajstić information content (AvgIpc) is 2.66. The smallest absolute Gasteiger partial charge is 0.406 e. The summed E-state index contributed by atoms with van der Waals surface area (Å²) in [5.41, 5.74) is 1.94. The lowest BCUT2D eigenvalue weighted by molar-refractivity contribution is -0.274. The highest BCUT2D eigenvalue weighted by atomic mass is 19.4. The topological polar surface area (TPSA) is 9.23 Å². The lowest BCUT2D eigenvalue weighted by Crippen LogP contribution is -2.16. The lowest BCUT2D eigenvalue weighted by atomic mass is 9.77. The van der Waals surface area contributed by atoms with Gasteiger partial charge >= 0.3 is 6.36 Å². The molecule has 1 aliphatic rings. The van der Waals surface area contributed by atoms with Crippen molar-refractivity contribution >= 4 is 0 Å². The Morgan fingerprint density at radius 3 is 2.21 bits per heavy atom. The third-order valence-corrected chi connectivity index (χ3v) is 5.68. The van der Waals surface area contributed by atoms with Crippen LogP contribution in [0.3, 0.4) is 0 Å². The molecule has 0 saturated heterocycles. The molecule has 0 heterocycles. The fraction of sp³-hybridized carbons (Fsp3) is 0.478. The molecule has 0 atom stereocenters. The van der Waals surface area contributed by atoms with Crippen molar-refractivity contribution in [3.8, 4) is 16.9 Å². The Bertz CT molecular complexity index is 759. The van der Waals surface area contributed by atoms with Gasteiger partial charge in [-0.05, 0) is 66.8 Å². The van der Waals surface area contributed by atoms with Crippen LogP contribution >= 0.6 is 0 Å². The minimum absolute atomic E-state index is 0.312. The van der Waals surface area contributed by atoms with Crippen molar-refractivity contribution in [2.45, 2.75) is 64.1 Å². The Morgan fingerprint density at radius 1 is 0.964 bits per heavy atom. The molecule has 0 spiro atoms. The number of ether oxygens (including phenoxy) is 1. The van der Waals surface area contributed by atoms with E-state index >= 15 is 0 Å². The van der Waals surface area contributed by atoms with Crippen molar-refractivity contribution in [3.63, 3.8) is 0 Å². The molecule has 1 nitrogen and oxygen atoms in total. The van der Waals surface area contributed by atoms with E-state index in [2.05, 4.69) is 11.7 Å². The highest BCUT2D eigenvalue weighted by Crippen LogP contribution is 2.39. The zero-order chi connectivity index (χ0) is 20.1. The number of unbranched alkanes of at least 4 members (excludes halogenated alkanes) is 1. The molecular weight excluding hydrogens is 368 g/mol. The predicted molar refractivity (Wildman–Crippen MR) is 103 cm³/mol. The minimum atomic E-state index is -4.73. The van der Waals surface area contributed by atoms with Crippen LogP contribution in [0.2, 0.25) is 0 Å². The molecule has 3 rings (SSSR count). The Hall–Kier alpha value is -2.04. The van der Waals surface area contributed by atoms with E-state index in [0.717, 1.165) is 24.3 Å². The Morgan fingerprint density at radius 2 is 1.64 bits per heavy atom. The number of benzene rings is 2. The van der Waals surface area contributed by atoms with E-state index in [-0.39, 0.29) is 11.6 Å². The summed E-state index contributed by atoms with van der Waals surface area (Å²) >= 11 is 0. The van der Waals surface area contributed by atoms with Gasteiger partial charge < -0.3 is 4.74 Å². The minimum Gasteiger partial charge on any atom is -0.406 e. The third-order valence-electron chi connectivity index (χ3n) is 5.68. The maximum atomic E-state index is 14.7. The SMILES string of the molecule is CCCCC1CCC(c2ccc(-c3ccc(OC(F)(F)F)cc3)c(F)c2)CC1. The van der Waals surface area contributed by atoms with E-state index in [1.54, 1.807) is 12.1 Å². The molecule has 152 valence electrons. The maximum Gasteiger partial charge on any atom is 0.573 e. The summed E-state index contributed by atoms with van der Waals surface area (Å²) in [5, 5.41) is 0. The summed E-state index contributed by atoms with van der Waals surface area (Å²) in [6, 6.07) is 10.6. The lowest BCUT2D eigenvalue weighted by Gasteiger charge is -2.29. The number of hydrogen-bond donors (Lipinski definition) is 0. The summed E-state index contributed by atoms with van der Waals surface area (Å²) in [6.45, 7) is 2.22. The fourth-order valence-corrected chi connectivity index (χ4v) is 4.13. The Labute approximate surface area is 163 Å². The molecule has 5 heteroatoms. The first-order valence-corrected chi connectivity index (χ1v) is 10.0. The molecule has 2 aromatic carbocycles. The average molecular weight is 394 g/mol. The van der Waals surface area contributed by atoms with Gasteiger partial charge in [-0.25, -0.2) is 4.39 Å². The predicted octanol–water partition coefficient (Wildman–Crippen LogP) is 7.86. The van der Waals surface area contributed by atoms with Crippen LogP contribution in [-0.4, -0.2) is 6.36 Å². The van der Waals surface area contributed by atoms with E-state index < -0.39 is 6.36 Å². The van der Waals surface area contributed by atoms with Crippen molar-refractivity contribution in [1.29, 1.82) is 0 Å². The van der Waals surface area contributed by atoms with Gasteiger partial charge in [0.05, 0.1) is 0 Å². The molecule has 1 aliphatic carbocycles. The van der Waals surface area contributed by atoms with Gasteiger partial charge in [0.15, 0.2) is 0 Å². The fourth-order valence-electron chi connectivity index (χ4n) is 4.13. The van der Waals surface area contributed by atoms with Gasteiger partial charge in [-0.1, -0.05) is 50.5 Å². The van der Waals surface area contributed by atoms with E-state index in [4.69, 9.17) is 0 Å². The molecule has 0 aromatic heterocycles. The molecule has 28 heavy (non-hydrogen) atoms. The highest BCUT2D eigenvalue weighted by Gasteiger charge is 2.31. The summed E-state index contributed by atoms with van der Waals surface area (Å²) < 4.78 is 55.3. The van der Waals surface area contributed by atoms with Gasteiger partial charge in [-0.15, -0.1) is 13.2 Å². The van der Waals surface area contributed by atoms with Crippen LogP contribution in [0.15, 0.2) is 42.5 Å². The number of rotatable bonds is 6. The number of halogens is 4. The molecular formula is C23H26F4O. The first-order chi connectivity index (χ1) is 13.4. The van der Waals surface area contributed by atoms with Crippen LogP contribution in [0.4, 0.5) is 17.6 Å². The van der Waals surface area contributed by atoms with Gasteiger partial charge in [0.1, 0.15) is 11.6 Å². The molecule has 0 radical (unpaired) electrons. The van der Waals surface area contributed by atoms with Crippen LogP contribution < -0.4 is 4.74 Å². The van der Waals surface area contributed by atoms with Crippen LogP contribution in [0.5, 0.6) is 5.75 Å². The summed E-state index contributed by atoms with van der Waals surface area (Å²) in [5.74, 6) is 0.546. The Balaban J connectivity index is 1.66. The maximum absolute atomic E-state index is 14.7. The summed E-state index contributed by atoms with van der Waals surface area (Å²) in [4.78, 5) is 0. The van der Waals surface area contributed by atoms with Crippen molar-refractivity contribution in [1.82, 2.24) is 0 Å². The largest absolute Gasteiger partial charge is 0.573 e. The van der Waals surface area contributed by atoms with Crippen molar-refractivity contribution in [2.24, 2.45) is 5.92 Å². The third kappa shape index (κ3) is 5.49. The second-order valence-electron chi connectivity index (χ2n) is 7.67. The summed E-state index contributed by atoms with van der Waals surface area (Å²) in [7, 11) is 0. The molecule has 1 fully saturated rings. The van der Waals surface area contributed by atoms with Crippen molar-refractivity contribution < 1.29 is 22.3 Å². The first-order valence-electron chi connectivity index (χ1n) is 10.0. The van der Waals surface area contributed by atoms with E-state index in [1.807, 2.05) is 6.07 Å². The van der Waals surface area contributed by atoms with Gasteiger partial charge in [0, 0.05) is 5.56 Å². The van der Waals surface area contributed by atoms with Crippen molar-refractivity contribution in [3.05, 3.63) is 53.8 Å². The van der Waals surface area contributed by atoms with Gasteiger partial charge in [-0.3, -0.25) is 0 Å². The monoisotopic (exact) mass is 394 g/mol. The summed E-state index contributed by atoms with van der Waals surface area (Å²) in [6.07, 6.45) is 3.67. The molecule has 0 unspecified atom stereocenters. The van der Waals surface area contributed by atoms with Crippen LogP contribution in [0, 0.1) is 11.7 Å². The first kappa shape index (κ1) is 20.7. The normalized spacial score (nSPS) is 20.2.